The van der Waals surface area contributed by atoms with Crippen molar-refractivity contribution in [3.8, 4) is 22.0 Å². The maximum absolute atomic E-state index is 6.12. The van der Waals surface area contributed by atoms with Crippen LogP contribution in [0.4, 0.5) is 5.69 Å². The number of anilines is 1. The van der Waals surface area contributed by atoms with Crippen molar-refractivity contribution >= 4 is 17.0 Å². The molecule has 108 valence electrons. The highest BCUT2D eigenvalue weighted by atomic mass is 32.1. The number of ether oxygens (including phenoxy) is 1. The van der Waals surface area contributed by atoms with E-state index in [9.17, 15) is 0 Å². The number of aromatic nitrogens is 2. The Kier molecular flexibility index (Phi) is 3.66. The van der Waals surface area contributed by atoms with Crippen molar-refractivity contribution in [2.45, 2.75) is 13.3 Å². The van der Waals surface area contributed by atoms with Gasteiger partial charge in [-0.3, -0.25) is 0 Å². The number of nitrogen functional groups attached to an aromatic ring is 1. The summed E-state index contributed by atoms with van der Waals surface area (Å²) < 4.78 is 6.97. The van der Waals surface area contributed by atoms with Gasteiger partial charge in [0.05, 0.1) is 29.6 Å². The van der Waals surface area contributed by atoms with Crippen LogP contribution in [0.1, 0.15) is 11.8 Å². The molecule has 0 amide bonds. The highest BCUT2D eigenvalue weighted by Gasteiger charge is 2.12. The van der Waals surface area contributed by atoms with Crippen LogP contribution in [-0.2, 0) is 6.42 Å². The van der Waals surface area contributed by atoms with Crippen molar-refractivity contribution in [2.75, 3.05) is 12.8 Å². The van der Waals surface area contributed by atoms with Crippen molar-refractivity contribution in [3.05, 3.63) is 47.5 Å². The normalized spacial score (nSPS) is 10.8. The second kappa shape index (κ2) is 5.61. The zero-order chi connectivity index (χ0) is 14.8. The lowest BCUT2D eigenvalue weighted by atomic mass is 10.3. The second-order valence-electron chi connectivity index (χ2n) is 4.70. The fourth-order valence-electron chi connectivity index (χ4n) is 2.14. The summed E-state index contributed by atoms with van der Waals surface area (Å²) in [5, 5.41) is 4.61. The number of rotatable bonds is 4. The van der Waals surface area contributed by atoms with Crippen LogP contribution < -0.4 is 10.5 Å². The predicted octanol–water partition coefficient (Wildman–Crippen LogP) is 3.75. The molecule has 2 aromatic heterocycles. The molecule has 0 unspecified atom stereocenters. The van der Waals surface area contributed by atoms with Gasteiger partial charge < -0.3 is 10.5 Å². The van der Waals surface area contributed by atoms with E-state index in [1.807, 2.05) is 30.5 Å². The summed E-state index contributed by atoms with van der Waals surface area (Å²) in [7, 11) is 1.65. The summed E-state index contributed by atoms with van der Waals surface area (Å²) in [4.78, 5) is 2.44. The molecule has 2 heterocycles. The van der Waals surface area contributed by atoms with Gasteiger partial charge in [0.1, 0.15) is 11.4 Å². The number of hydrogen-bond donors (Lipinski definition) is 1. The molecular weight excluding hydrogens is 282 g/mol. The lowest BCUT2D eigenvalue weighted by Gasteiger charge is -2.02. The number of nitrogens with zero attached hydrogens (tertiary/aromatic N) is 2. The topological polar surface area (TPSA) is 53.1 Å². The molecule has 0 aliphatic rings. The van der Waals surface area contributed by atoms with Crippen LogP contribution >= 0.6 is 11.3 Å². The van der Waals surface area contributed by atoms with Crippen molar-refractivity contribution in [2.24, 2.45) is 0 Å². The zero-order valence-electron chi connectivity index (χ0n) is 12.0. The molecule has 4 nitrogen and oxygen atoms in total. The largest absolute Gasteiger partial charge is 0.497 e. The third-order valence-electron chi connectivity index (χ3n) is 3.32. The van der Waals surface area contributed by atoms with Gasteiger partial charge in [-0.05, 0) is 42.8 Å². The minimum atomic E-state index is 0.690. The van der Waals surface area contributed by atoms with E-state index in [0.717, 1.165) is 28.4 Å². The predicted molar refractivity (Wildman–Crippen MR) is 87.2 cm³/mol. The molecule has 2 N–H and O–H groups in total. The van der Waals surface area contributed by atoms with Crippen LogP contribution in [-0.4, -0.2) is 16.9 Å². The van der Waals surface area contributed by atoms with Gasteiger partial charge in [-0.15, -0.1) is 11.3 Å². The Hall–Kier alpha value is -2.27. The van der Waals surface area contributed by atoms with Crippen molar-refractivity contribution in [1.29, 1.82) is 0 Å². The van der Waals surface area contributed by atoms with E-state index in [0.29, 0.717) is 5.69 Å². The third kappa shape index (κ3) is 2.64. The molecule has 0 aliphatic carbocycles. The number of hydrogen-bond acceptors (Lipinski definition) is 4. The Bertz CT molecular complexity index is 743. The number of aryl methyl sites for hydroxylation is 1. The molecule has 5 heteroatoms. The third-order valence-corrected chi connectivity index (χ3v) is 4.56. The molecule has 0 bridgehead atoms. The Labute approximate surface area is 127 Å². The van der Waals surface area contributed by atoms with E-state index in [1.54, 1.807) is 23.1 Å². The standard InChI is InChI=1S/C16H17N3OS/c1-3-13-8-9-15(21-13)16-14(17)10-19(18-16)11-4-6-12(20-2)7-5-11/h4-10H,3,17H2,1-2H3. The average Bonchev–Trinajstić information content (AvgIpc) is 3.13. The van der Waals surface area contributed by atoms with E-state index in [4.69, 9.17) is 10.5 Å². The second-order valence-corrected chi connectivity index (χ2v) is 5.86. The molecular formula is C16H17N3OS. The van der Waals surface area contributed by atoms with Crippen LogP contribution in [0.5, 0.6) is 5.75 Å². The van der Waals surface area contributed by atoms with Crippen molar-refractivity contribution in [3.63, 3.8) is 0 Å². The lowest BCUT2D eigenvalue weighted by Crippen LogP contribution is -1.94. The molecule has 0 aliphatic heterocycles. The van der Waals surface area contributed by atoms with Gasteiger partial charge in [0.25, 0.3) is 0 Å². The lowest BCUT2D eigenvalue weighted by molar-refractivity contribution is 0.414. The first-order valence-electron chi connectivity index (χ1n) is 6.80. The fourth-order valence-corrected chi connectivity index (χ4v) is 3.10. The molecule has 21 heavy (non-hydrogen) atoms. The summed E-state index contributed by atoms with van der Waals surface area (Å²) in [5.74, 6) is 0.824. The SMILES string of the molecule is CCc1ccc(-c2nn(-c3ccc(OC)cc3)cc2N)s1. The van der Waals surface area contributed by atoms with Gasteiger partial charge in [0.2, 0.25) is 0 Å². The molecule has 3 rings (SSSR count). The summed E-state index contributed by atoms with van der Waals surface area (Å²) >= 11 is 1.74. The van der Waals surface area contributed by atoms with Gasteiger partial charge in [-0.2, -0.15) is 5.10 Å². The van der Waals surface area contributed by atoms with Crippen molar-refractivity contribution < 1.29 is 4.74 Å². The van der Waals surface area contributed by atoms with Gasteiger partial charge in [-0.25, -0.2) is 4.68 Å². The Morgan fingerprint density at radius 2 is 1.95 bits per heavy atom. The molecule has 0 atom stereocenters. The quantitative estimate of drug-likeness (QED) is 0.798. The Morgan fingerprint density at radius 3 is 2.57 bits per heavy atom. The number of nitrogens with two attached hydrogens (primary N) is 1. The highest BCUT2D eigenvalue weighted by Crippen LogP contribution is 2.32. The van der Waals surface area contributed by atoms with Crippen LogP contribution in [0.3, 0.4) is 0 Å². The van der Waals surface area contributed by atoms with Crippen LogP contribution in [0, 0.1) is 0 Å². The molecule has 0 saturated carbocycles. The van der Waals surface area contributed by atoms with E-state index in [2.05, 4.69) is 24.2 Å². The van der Waals surface area contributed by atoms with Gasteiger partial charge in [0, 0.05) is 4.88 Å². The summed E-state index contributed by atoms with van der Waals surface area (Å²) in [6.07, 6.45) is 2.88. The minimum Gasteiger partial charge on any atom is -0.497 e. The zero-order valence-corrected chi connectivity index (χ0v) is 12.9. The number of methoxy groups -OCH3 is 1. The maximum atomic E-state index is 6.12. The Morgan fingerprint density at radius 1 is 1.19 bits per heavy atom. The van der Waals surface area contributed by atoms with Crippen LogP contribution in [0.25, 0.3) is 16.3 Å². The van der Waals surface area contributed by atoms with Crippen LogP contribution in [0.2, 0.25) is 0 Å². The molecule has 0 spiro atoms. The fraction of sp³-hybridized carbons (Fsp3) is 0.188. The van der Waals surface area contributed by atoms with Crippen LogP contribution in [0.15, 0.2) is 42.6 Å². The number of thiophene rings is 1. The van der Waals surface area contributed by atoms with Crippen molar-refractivity contribution in [1.82, 2.24) is 9.78 Å². The maximum Gasteiger partial charge on any atom is 0.126 e. The first-order valence-corrected chi connectivity index (χ1v) is 7.61. The summed E-state index contributed by atoms with van der Waals surface area (Å²) in [6, 6.07) is 12.0. The van der Waals surface area contributed by atoms with Gasteiger partial charge in [0.15, 0.2) is 0 Å². The van der Waals surface area contributed by atoms with E-state index in [1.165, 1.54) is 4.88 Å². The molecule has 0 saturated heterocycles. The first kappa shape index (κ1) is 13.7. The van der Waals surface area contributed by atoms with E-state index in [-0.39, 0.29) is 0 Å². The molecule has 0 radical (unpaired) electrons. The summed E-state index contributed by atoms with van der Waals surface area (Å²) in [5.41, 5.74) is 8.61. The molecule has 3 aromatic rings. The highest BCUT2D eigenvalue weighted by molar-refractivity contribution is 7.15. The monoisotopic (exact) mass is 299 g/mol. The minimum absolute atomic E-state index is 0.690. The van der Waals surface area contributed by atoms with E-state index >= 15 is 0 Å². The van der Waals surface area contributed by atoms with Gasteiger partial charge in [-0.1, -0.05) is 6.92 Å². The first-order chi connectivity index (χ1) is 10.2. The molecule has 0 fully saturated rings. The summed E-state index contributed by atoms with van der Waals surface area (Å²) in [6.45, 7) is 2.15. The Balaban J connectivity index is 1.96. The van der Waals surface area contributed by atoms with E-state index < -0.39 is 0 Å². The number of benzene rings is 1. The van der Waals surface area contributed by atoms with Gasteiger partial charge >= 0.3 is 0 Å². The average molecular weight is 299 g/mol. The molecule has 1 aromatic carbocycles. The smallest absolute Gasteiger partial charge is 0.126 e.